The summed E-state index contributed by atoms with van der Waals surface area (Å²) in [4.78, 5) is 11.7. The molecule has 8 heteroatoms. The average molecular weight is 306 g/mol. The van der Waals surface area contributed by atoms with Gasteiger partial charge in [-0.1, -0.05) is 6.92 Å². The Morgan fingerprint density at radius 2 is 1.50 bits per heavy atom. The fourth-order valence-electron chi connectivity index (χ4n) is 1.12. The second kappa shape index (κ2) is 5.46. The van der Waals surface area contributed by atoms with Gasteiger partial charge in [-0.05, 0) is 34.1 Å². The lowest BCUT2D eigenvalue weighted by Crippen LogP contribution is -2.59. The molecule has 0 heterocycles. The van der Waals surface area contributed by atoms with E-state index in [1.54, 1.807) is 6.92 Å². The summed E-state index contributed by atoms with van der Waals surface area (Å²) < 4.78 is 68.6. The molecule has 0 aliphatic heterocycles. The molecule has 1 N–H and O–H groups in total. The van der Waals surface area contributed by atoms with E-state index in [9.17, 15) is 26.7 Å². The summed E-state index contributed by atoms with van der Waals surface area (Å²) in [6.45, 7) is 5.71. The van der Waals surface area contributed by atoms with E-state index in [-0.39, 0.29) is 6.42 Å². The minimum Gasteiger partial charge on any atom is -0.453 e. The smallest absolute Gasteiger partial charge is 0.420 e. The summed E-state index contributed by atoms with van der Waals surface area (Å²) in [5.41, 5.74) is -3.91. The van der Waals surface area contributed by atoms with Crippen molar-refractivity contribution in [1.82, 2.24) is 0 Å². The first-order chi connectivity index (χ1) is 8.59. The van der Waals surface area contributed by atoms with Crippen molar-refractivity contribution in [2.75, 3.05) is 0 Å². The monoisotopic (exact) mass is 306 g/mol. The Morgan fingerprint density at radius 3 is 1.80 bits per heavy atom. The molecule has 0 aromatic rings. The molecule has 0 saturated heterocycles. The van der Waals surface area contributed by atoms with Crippen LogP contribution in [0.2, 0.25) is 0 Å². The first-order valence-electron chi connectivity index (χ1n) is 5.95. The highest BCUT2D eigenvalue weighted by molar-refractivity contribution is 5.76. The molecule has 20 heavy (non-hydrogen) atoms. The second-order valence-corrected chi connectivity index (χ2v) is 5.70. The third-order valence-electron chi connectivity index (χ3n) is 3.24. The van der Waals surface area contributed by atoms with Gasteiger partial charge in [-0.15, -0.1) is 0 Å². The topological polar surface area (TPSA) is 46.5 Å². The average Bonchev–Trinajstić information content (AvgIpc) is 2.25. The van der Waals surface area contributed by atoms with Gasteiger partial charge >= 0.3 is 18.1 Å². The summed E-state index contributed by atoms with van der Waals surface area (Å²) in [6.07, 6.45) is -9.18. The molecule has 0 radical (unpaired) electrons. The second-order valence-electron chi connectivity index (χ2n) is 5.70. The Kier molecular flexibility index (Phi) is 5.21. The molecule has 1 atom stereocenters. The third-order valence-corrected chi connectivity index (χ3v) is 3.24. The van der Waals surface area contributed by atoms with Gasteiger partial charge < -0.3 is 9.84 Å². The zero-order valence-corrected chi connectivity index (χ0v) is 11.9. The zero-order valence-electron chi connectivity index (χ0n) is 11.9. The number of halogens is 5. The van der Waals surface area contributed by atoms with Gasteiger partial charge in [0.1, 0.15) is 0 Å². The van der Waals surface area contributed by atoms with Crippen molar-refractivity contribution in [3.63, 3.8) is 0 Å². The molecule has 0 spiro atoms. The van der Waals surface area contributed by atoms with Crippen LogP contribution in [0.25, 0.3) is 0 Å². The van der Waals surface area contributed by atoms with Crippen LogP contribution < -0.4 is 0 Å². The molecule has 0 aliphatic carbocycles. The number of hydrogen-bond acceptors (Lipinski definition) is 3. The van der Waals surface area contributed by atoms with Crippen molar-refractivity contribution in [3.05, 3.63) is 0 Å². The number of esters is 1. The predicted molar refractivity (Wildman–Crippen MR) is 61.3 cm³/mol. The Balaban J connectivity index is 5.28. The minimum atomic E-state index is -5.52. The first-order valence-corrected chi connectivity index (χ1v) is 5.95. The molecule has 120 valence electrons. The van der Waals surface area contributed by atoms with E-state index in [0.717, 1.165) is 0 Å². The number of alkyl halides is 5. The van der Waals surface area contributed by atoms with Gasteiger partial charge in [0, 0.05) is 0 Å². The number of ether oxygens (including phenoxy) is 1. The van der Waals surface area contributed by atoms with Crippen LogP contribution in [-0.2, 0) is 9.53 Å². The van der Waals surface area contributed by atoms with Crippen LogP contribution in [0.5, 0.6) is 0 Å². The van der Waals surface area contributed by atoms with Crippen LogP contribution in [0.1, 0.15) is 41.0 Å². The van der Waals surface area contributed by atoms with E-state index in [1.165, 1.54) is 13.8 Å². The molecule has 0 amide bonds. The van der Waals surface area contributed by atoms with Crippen molar-refractivity contribution in [2.24, 2.45) is 5.41 Å². The largest absolute Gasteiger partial charge is 0.453 e. The number of carbonyl (C=O) groups is 1. The summed E-state index contributed by atoms with van der Waals surface area (Å²) in [5.74, 6) is -5.73. The summed E-state index contributed by atoms with van der Waals surface area (Å²) in [7, 11) is 0. The van der Waals surface area contributed by atoms with Gasteiger partial charge in [-0.25, -0.2) is 0 Å². The highest BCUT2D eigenvalue weighted by Gasteiger charge is 2.64. The molecule has 0 fully saturated rings. The Labute approximate surface area is 114 Å². The van der Waals surface area contributed by atoms with E-state index < -0.39 is 35.2 Å². The molecular weight excluding hydrogens is 287 g/mol. The Hall–Kier alpha value is -0.920. The van der Waals surface area contributed by atoms with Crippen molar-refractivity contribution in [3.8, 4) is 0 Å². The van der Waals surface area contributed by atoms with Crippen LogP contribution >= 0.6 is 0 Å². The van der Waals surface area contributed by atoms with Gasteiger partial charge in [-0.2, -0.15) is 22.0 Å². The number of rotatable bonds is 5. The molecule has 0 aromatic carbocycles. The maximum absolute atomic E-state index is 13.7. The molecule has 1 unspecified atom stereocenters. The summed E-state index contributed by atoms with van der Waals surface area (Å²) >= 11 is 0. The molecule has 0 saturated carbocycles. The normalized spacial score (nSPS) is 15.9. The van der Waals surface area contributed by atoms with E-state index in [2.05, 4.69) is 4.74 Å². The van der Waals surface area contributed by atoms with Crippen LogP contribution in [-0.4, -0.2) is 34.9 Å². The van der Waals surface area contributed by atoms with Gasteiger partial charge in [0.05, 0.1) is 5.41 Å². The molecule has 3 nitrogen and oxygen atoms in total. The zero-order chi connectivity index (χ0) is 16.6. The van der Waals surface area contributed by atoms with E-state index in [4.69, 9.17) is 5.11 Å². The van der Waals surface area contributed by atoms with Crippen LogP contribution in [0, 0.1) is 5.41 Å². The molecule has 0 aromatic heterocycles. The molecule has 0 aliphatic rings. The third kappa shape index (κ3) is 3.80. The quantitative estimate of drug-likeness (QED) is 0.626. The lowest BCUT2D eigenvalue weighted by molar-refractivity contribution is -0.310. The maximum atomic E-state index is 13.7. The molecule has 0 bridgehead atoms. The molecular formula is C12H19F5O3. The van der Waals surface area contributed by atoms with E-state index in [0.29, 0.717) is 13.8 Å². The van der Waals surface area contributed by atoms with Crippen molar-refractivity contribution in [2.45, 2.75) is 64.8 Å². The Bertz CT molecular complexity index is 361. The van der Waals surface area contributed by atoms with Crippen LogP contribution in [0.3, 0.4) is 0 Å². The number of carbonyl (C=O) groups excluding carboxylic acids is 1. The standard InChI is InChI=1S/C12H19F5O3/c1-6-9(2,3)8(19)20-10(4,5)11(13,14)7(18)12(15,16)17/h7,18H,6H2,1-5H3. The maximum Gasteiger partial charge on any atom is 0.420 e. The van der Waals surface area contributed by atoms with Gasteiger partial charge in [0.2, 0.25) is 6.10 Å². The predicted octanol–water partition coefficient (Wildman–Crippen LogP) is 3.30. The van der Waals surface area contributed by atoms with Crippen LogP contribution in [0.15, 0.2) is 0 Å². The van der Waals surface area contributed by atoms with Gasteiger partial charge in [-0.3, -0.25) is 4.79 Å². The summed E-state index contributed by atoms with van der Waals surface area (Å²) in [5, 5.41) is 8.76. The van der Waals surface area contributed by atoms with Gasteiger partial charge in [0.15, 0.2) is 5.60 Å². The number of aliphatic hydroxyl groups is 1. The fraction of sp³-hybridized carbons (Fsp3) is 0.917. The lowest BCUT2D eigenvalue weighted by Gasteiger charge is -2.38. The molecule has 0 rings (SSSR count). The highest BCUT2D eigenvalue weighted by atomic mass is 19.4. The van der Waals surface area contributed by atoms with Crippen molar-refractivity contribution < 1.29 is 36.6 Å². The van der Waals surface area contributed by atoms with Crippen molar-refractivity contribution in [1.29, 1.82) is 0 Å². The number of hydrogen-bond donors (Lipinski definition) is 1. The highest BCUT2D eigenvalue weighted by Crippen LogP contribution is 2.42. The minimum absolute atomic E-state index is 0.259. The SMILES string of the molecule is CCC(C)(C)C(=O)OC(C)(C)C(F)(F)C(O)C(F)(F)F. The summed E-state index contributed by atoms with van der Waals surface area (Å²) in [6, 6.07) is 0. The van der Waals surface area contributed by atoms with E-state index >= 15 is 0 Å². The first kappa shape index (κ1) is 19.1. The van der Waals surface area contributed by atoms with Crippen LogP contribution in [0.4, 0.5) is 22.0 Å². The van der Waals surface area contributed by atoms with Gasteiger partial charge in [0.25, 0.3) is 0 Å². The Morgan fingerprint density at radius 1 is 1.10 bits per heavy atom. The fourth-order valence-corrected chi connectivity index (χ4v) is 1.12. The van der Waals surface area contributed by atoms with Crippen molar-refractivity contribution >= 4 is 5.97 Å². The van der Waals surface area contributed by atoms with E-state index in [1.807, 2.05) is 0 Å². The number of aliphatic hydroxyl groups excluding tert-OH is 1. The lowest BCUT2D eigenvalue weighted by atomic mass is 9.89.